The van der Waals surface area contributed by atoms with Crippen LogP contribution in [0.1, 0.15) is 18.5 Å². The fourth-order valence-electron chi connectivity index (χ4n) is 2.92. The topological polar surface area (TPSA) is 73.2 Å². The molecule has 0 saturated carbocycles. The number of amides is 1. The number of halogens is 1. The van der Waals surface area contributed by atoms with Crippen molar-refractivity contribution < 1.29 is 13.9 Å². The standard InChI is InChI=1S/C21H22FN3O3S/c1-14(12-28-2)25-20(27)17-5-3-4-6-18(17)24-21(25)29-13-19(26)23-11-15-7-9-16(22)10-8-15/h3-10,14H,11-13H2,1-2H3,(H,23,26)/t14-/m1/s1. The fourth-order valence-corrected chi connectivity index (χ4v) is 3.84. The van der Waals surface area contributed by atoms with E-state index < -0.39 is 0 Å². The predicted octanol–water partition coefficient (Wildman–Crippen LogP) is 3.15. The van der Waals surface area contributed by atoms with Gasteiger partial charge in [-0.25, -0.2) is 9.37 Å². The van der Waals surface area contributed by atoms with E-state index in [0.29, 0.717) is 29.2 Å². The number of rotatable bonds is 8. The maximum absolute atomic E-state index is 13.0. The molecular weight excluding hydrogens is 393 g/mol. The highest BCUT2D eigenvalue weighted by atomic mass is 32.2. The monoisotopic (exact) mass is 415 g/mol. The SMILES string of the molecule is COC[C@@H](C)n1c(SCC(=O)NCc2ccc(F)cc2)nc2ccccc2c1=O. The van der Waals surface area contributed by atoms with Gasteiger partial charge in [-0.2, -0.15) is 0 Å². The number of carbonyl (C=O) groups excluding carboxylic acids is 1. The summed E-state index contributed by atoms with van der Waals surface area (Å²) in [6, 6.07) is 12.9. The van der Waals surface area contributed by atoms with Crippen LogP contribution in [-0.2, 0) is 16.1 Å². The second-order valence-electron chi connectivity index (χ2n) is 6.58. The quantitative estimate of drug-likeness (QED) is 0.452. The first-order valence-corrected chi connectivity index (χ1v) is 10.1. The number of ether oxygens (including phenoxy) is 1. The summed E-state index contributed by atoms with van der Waals surface area (Å²) < 4.78 is 19.7. The van der Waals surface area contributed by atoms with Crippen molar-refractivity contribution in [1.29, 1.82) is 0 Å². The molecule has 0 bridgehead atoms. The first-order valence-electron chi connectivity index (χ1n) is 9.13. The number of nitrogens with zero attached hydrogens (tertiary/aromatic N) is 2. The van der Waals surface area contributed by atoms with Crippen LogP contribution in [0.2, 0.25) is 0 Å². The van der Waals surface area contributed by atoms with Gasteiger partial charge in [0, 0.05) is 13.7 Å². The predicted molar refractivity (Wildman–Crippen MR) is 112 cm³/mol. The van der Waals surface area contributed by atoms with Crippen LogP contribution >= 0.6 is 11.8 Å². The third kappa shape index (κ3) is 5.21. The van der Waals surface area contributed by atoms with E-state index in [1.54, 1.807) is 42.0 Å². The molecule has 0 fully saturated rings. The number of fused-ring (bicyclic) bond motifs is 1. The van der Waals surface area contributed by atoms with Crippen LogP contribution in [0.3, 0.4) is 0 Å². The molecule has 152 valence electrons. The molecule has 1 aromatic heterocycles. The van der Waals surface area contributed by atoms with Gasteiger partial charge in [-0.05, 0) is 36.8 Å². The molecule has 3 aromatic rings. The Morgan fingerprint density at radius 3 is 2.69 bits per heavy atom. The fraction of sp³-hybridized carbons (Fsp3) is 0.286. The minimum absolute atomic E-state index is 0.103. The summed E-state index contributed by atoms with van der Waals surface area (Å²) in [6.07, 6.45) is 0. The van der Waals surface area contributed by atoms with Crippen LogP contribution in [0.4, 0.5) is 4.39 Å². The van der Waals surface area contributed by atoms with E-state index >= 15 is 0 Å². The number of nitrogens with one attached hydrogen (secondary N) is 1. The number of hydrogen-bond donors (Lipinski definition) is 1. The lowest BCUT2D eigenvalue weighted by molar-refractivity contribution is -0.118. The Balaban J connectivity index is 1.75. The molecule has 0 unspecified atom stereocenters. The molecule has 1 amide bonds. The molecule has 0 aliphatic rings. The average molecular weight is 415 g/mol. The van der Waals surface area contributed by atoms with Crippen LogP contribution in [0.5, 0.6) is 0 Å². The number of thioether (sulfide) groups is 1. The number of carbonyl (C=O) groups is 1. The Labute approximate surface area is 172 Å². The van der Waals surface area contributed by atoms with Gasteiger partial charge in [-0.15, -0.1) is 0 Å². The van der Waals surface area contributed by atoms with Crippen molar-refractivity contribution >= 4 is 28.6 Å². The van der Waals surface area contributed by atoms with E-state index in [1.807, 2.05) is 13.0 Å². The maximum atomic E-state index is 13.0. The van der Waals surface area contributed by atoms with Crippen LogP contribution in [0, 0.1) is 5.82 Å². The van der Waals surface area contributed by atoms with Crippen LogP contribution < -0.4 is 10.9 Å². The summed E-state index contributed by atoms with van der Waals surface area (Å²) in [5.74, 6) is -0.417. The molecule has 2 aromatic carbocycles. The van der Waals surface area contributed by atoms with Gasteiger partial charge < -0.3 is 10.1 Å². The van der Waals surface area contributed by atoms with Crippen LogP contribution in [-0.4, -0.2) is 34.9 Å². The van der Waals surface area contributed by atoms with Gasteiger partial charge in [0.1, 0.15) is 5.82 Å². The van der Waals surface area contributed by atoms with Gasteiger partial charge in [-0.1, -0.05) is 36.0 Å². The highest BCUT2D eigenvalue weighted by Gasteiger charge is 2.17. The largest absolute Gasteiger partial charge is 0.383 e. The second-order valence-corrected chi connectivity index (χ2v) is 7.53. The van der Waals surface area contributed by atoms with E-state index in [2.05, 4.69) is 10.3 Å². The van der Waals surface area contributed by atoms with E-state index in [-0.39, 0.29) is 29.1 Å². The van der Waals surface area contributed by atoms with Crippen molar-refractivity contribution in [3.05, 3.63) is 70.3 Å². The van der Waals surface area contributed by atoms with Crippen molar-refractivity contribution in [3.63, 3.8) is 0 Å². The molecule has 0 saturated heterocycles. The van der Waals surface area contributed by atoms with Gasteiger partial charge in [0.25, 0.3) is 5.56 Å². The van der Waals surface area contributed by atoms with Gasteiger partial charge >= 0.3 is 0 Å². The maximum Gasteiger partial charge on any atom is 0.262 e. The molecule has 1 atom stereocenters. The van der Waals surface area contributed by atoms with Crippen molar-refractivity contribution in [1.82, 2.24) is 14.9 Å². The molecular formula is C21H22FN3O3S. The lowest BCUT2D eigenvalue weighted by atomic mass is 10.2. The highest BCUT2D eigenvalue weighted by molar-refractivity contribution is 7.99. The molecule has 6 nitrogen and oxygen atoms in total. The van der Waals surface area contributed by atoms with Crippen molar-refractivity contribution in [3.8, 4) is 0 Å². The van der Waals surface area contributed by atoms with E-state index in [4.69, 9.17) is 4.74 Å². The summed E-state index contributed by atoms with van der Waals surface area (Å²) in [7, 11) is 1.58. The third-order valence-corrected chi connectivity index (χ3v) is 5.31. The molecule has 8 heteroatoms. The molecule has 0 aliphatic heterocycles. The van der Waals surface area contributed by atoms with Crippen molar-refractivity contribution in [2.24, 2.45) is 0 Å². The lowest BCUT2D eigenvalue weighted by Gasteiger charge is -2.18. The molecule has 29 heavy (non-hydrogen) atoms. The number of hydrogen-bond acceptors (Lipinski definition) is 5. The van der Waals surface area contributed by atoms with Crippen molar-refractivity contribution in [2.75, 3.05) is 19.5 Å². The minimum Gasteiger partial charge on any atom is -0.383 e. The van der Waals surface area contributed by atoms with E-state index in [1.165, 1.54) is 23.9 Å². The molecule has 1 N–H and O–H groups in total. The summed E-state index contributed by atoms with van der Waals surface area (Å²) in [6.45, 7) is 2.53. The second kappa shape index (κ2) is 9.67. The molecule has 3 rings (SSSR count). The zero-order valence-corrected chi connectivity index (χ0v) is 17.0. The summed E-state index contributed by atoms with van der Waals surface area (Å²) in [4.78, 5) is 29.8. The summed E-state index contributed by atoms with van der Waals surface area (Å²) in [5, 5.41) is 3.79. The van der Waals surface area contributed by atoms with E-state index in [0.717, 1.165) is 5.56 Å². The van der Waals surface area contributed by atoms with Crippen molar-refractivity contribution in [2.45, 2.75) is 24.7 Å². The zero-order chi connectivity index (χ0) is 20.8. The molecule has 0 radical (unpaired) electrons. The first kappa shape index (κ1) is 21.0. The number of aromatic nitrogens is 2. The average Bonchev–Trinajstić information content (AvgIpc) is 2.72. The Morgan fingerprint density at radius 2 is 1.97 bits per heavy atom. The summed E-state index contributed by atoms with van der Waals surface area (Å²) in [5.41, 5.74) is 1.24. The summed E-state index contributed by atoms with van der Waals surface area (Å²) >= 11 is 1.20. The van der Waals surface area contributed by atoms with Gasteiger partial charge in [-0.3, -0.25) is 14.2 Å². The number of methoxy groups -OCH3 is 1. The smallest absolute Gasteiger partial charge is 0.262 e. The highest BCUT2D eigenvalue weighted by Crippen LogP contribution is 2.21. The van der Waals surface area contributed by atoms with Gasteiger partial charge in [0.2, 0.25) is 5.91 Å². The lowest BCUT2D eigenvalue weighted by Crippen LogP contribution is -2.29. The number of para-hydroxylation sites is 1. The Hall–Kier alpha value is -2.71. The van der Waals surface area contributed by atoms with Crippen LogP contribution in [0.15, 0.2) is 58.5 Å². The zero-order valence-electron chi connectivity index (χ0n) is 16.2. The van der Waals surface area contributed by atoms with Gasteiger partial charge in [0.15, 0.2) is 5.16 Å². The third-order valence-electron chi connectivity index (χ3n) is 4.36. The Bertz CT molecular complexity index is 1050. The first-order chi connectivity index (χ1) is 14.0. The van der Waals surface area contributed by atoms with Gasteiger partial charge in [0.05, 0.1) is 29.3 Å². The Morgan fingerprint density at radius 1 is 1.24 bits per heavy atom. The number of benzene rings is 2. The molecule has 0 aliphatic carbocycles. The van der Waals surface area contributed by atoms with Crippen LogP contribution in [0.25, 0.3) is 10.9 Å². The Kier molecular flexibility index (Phi) is 7.00. The van der Waals surface area contributed by atoms with E-state index in [9.17, 15) is 14.0 Å². The minimum atomic E-state index is -0.318. The normalized spacial score (nSPS) is 12.1. The molecule has 0 spiro atoms. The molecule has 1 heterocycles.